The summed E-state index contributed by atoms with van der Waals surface area (Å²) in [5.41, 5.74) is 0. The summed E-state index contributed by atoms with van der Waals surface area (Å²) in [6.45, 7) is 10.5. The molecule has 0 aromatic carbocycles. The van der Waals surface area contributed by atoms with Crippen LogP contribution in [0.4, 0.5) is 0 Å². The molecule has 2 atom stereocenters. The molecule has 0 radical (unpaired) electrons. The van der Waals surface area contributed by atoms with Gasteiger partial charge >= 0.3 is 0 Å². The fourth-order valence-corrected chi connectivity index (χ4v) is 2.75. The van der Waals surface area contributed by atoms with E-state index in [0.717, 1.165) is 38.1 Å². The Morgan fingerprint density at radius 3 is 2.88 bits per heavy atom. The first-order chi connectivity index (χ1) is 7.84. The molecule has 2 fully saturated rings. The summed E-state index contributed by atoms with van der Waals surface area (Å²) < 4.78 is 5.37. The summed E-state index contributed by atoms with van der Waals surface area (Å²) in [6.07, 6.45) is 4.05. The molecular formula is C13H26N2O. The molecule has 94 valence electrons. The molecule has 3 heteroatoms. The lowest BCUT2D eigenvalue weighted by atomic mass is 10.1. The van der Waals surface area contributed by atoms with Gasteiger partial charge in [-0.2, -0.15) is 0 Å². The minimum Gasteiger partial charge on any atom is -0.381 e. The van der Waals surface area contributed by atoms with E-state index in [1.165, 1.54) is 38.9 Å². The lowest BCUT2D eigenvalue weighted by Crippen LogP contribution is -2.33. The number of likely N-dealkylation sites (tertiary alicyclic amines) is 1. The third-order valence-electron chi connectivity index (χ3n) is 3.72. The molecule has 0 saturated carbocycles. The van der Waals surface area contributed by atoms with E-state index in [0.29, 0.717) is 0 Å². The summed E-state index contributed by atoms with van der Waals surface area (Å²) in [5.74, 6) is 1.54. The molecule has 2 heterocycles. The predicted molar refractivity (Wildman–Crippen MR) is 66.6 cm³/mol. The molecule has 2 aliphatic rings. The van der Waals surface area contributed by atoms with Crippen molar-refractivity contribution in [3.8, 4) is 0 Å². The number of hydrogen-bond acceptors (Lipinski definition) is 3. The number of ether oxygens (including phenoxy) is 1. The first kappa shape index (κ1) is 12.3. The zero-order valence-corrected chi connectivity index (χ0v) is 10.6. The van der Waals surface area contributed by atoms with Crippen LogP contribution in [0.15, 0.2) is 0 Å². The summed E-state index contributed by atoms with van der Waals surface area (Å²) in [4.78, 5) is 2.60. The minimum absolute atomic E-state index is 0.763. The first-order valence-electron chi connectivity index (χ1n) is 6.85. The number of nitrogens with one attached hydrogen (secondary N) is 1. The fraction of sp³-hybridized carbons (Fsp3) is 1.00. The van der Waals surface area contributed by atoms with Gasteiger partial charge in [0.25, 0.3) is 0 Å². The Bertz CT molecular complexity index is 186. The van der Waals surface area contributed by atoms with Gasteiger partial charge in [-0.3, -0.25) is 0 Å². The largest absolute Gasteiger partial charge is 0.381 e. The van der Waals surface area contributed by atoms with Gasteiger partial charge in [0.05, 0.1) is 6.61 Å². The van der Waals surface area contributed by atoms with Gasteiger partial charge in [-0.15, -0.1) is 0 Å². The van der Waals surface area contributed by atoms with Crippen LogP contribution in [0.1, 0.15) is 26.2 Å². The van der Waals surface area contributed by atoms with Crippen molar-refractivity contribution in [3.63, 3.8) is 0 Å². The molecular weight excluding hydrogens is 200 g/mol. The van der Waals surface area contributed by atoms with Gasteiger partial charge < -0.3 is 15.0 Å². The van der Waals surface area contributed by atoms with Gasteiger partial charge in [0, 0.05) is 19.7 Å². The Hall–Kier alpha value is -0.120. The van der Waals surface area contributed by atoms with E-state index >= 15 is 0 Å². The van der Waals surface area contributed by atoms with Crippen LogP contribution < -0.4 is 5.32 Å². The van der Waals surface area contributed by atoms with Gasteiger partial charge in [-0.25, -0.2) is 0 Å². The van der Waals surface area contributed by atoms with Gasteiger partial charge in [0.15, 0.2) is 0 Å². The van der Waals surface area contributed by atoms with Crippen molar-refractivity contribution in [1.29, 1.82) is 0 Å². The highest BCUT2D eigenvalue weighted by atomic mass is 16.5. The Morgan fingerprint density at radius 2 is 2.19 bits per heavy atom. The normalized spacial score (nSPS) is 28.7. The molecule has 16 heavy (non-hydrogen) atoms. The summed E-state index contributed by atoms with van der Waals surface area (Å²) in [6, 6.07) is 0. The van der Waals surface area contributed by atoms with Gasteiger partial charge in [0.1, 0.15) is 0 Å². The molecule has 0 aromatic rings. The maximum absolute atomic E-state index is 5.37. The van der Waals surface area contributed by atoms with E-state index in [-0.39, 0.29) is 0 Å². The van der Waals surface area contributed by atoms with E-state index in [1.54, 1.807) is 0 Å². The Labute approximate surface area is 99.5 Å². The van der Waals surface area contributed by atoms with Crippen LogP contribution in [0, 0.1) is 11.8 Å². The Balaban J connectivity index is 1.51. The highest BCUT2D eigenvalue weighted by molar-refractivity contribution is 4.72. The predicted octanol–water partition coefficient (Wildman–Crippen LogP) is 1.34. The van der Waals surface area contributed by atoms with Gasteiger partial charge in [-0.05, 0) is 50.7 Å². The topological polar surface area (TPSA) is 24.5 Å². The Morgan fingerprint density at radius 1 is 1.38 bits per heavy atom. The van der Waals surface area contributed by atoms with Crippen LogP contribution in [-0.4, -0.2) is 50.8 Å². The first-order valence-corrected chi connectivity index (χ1v) is 6.85. The zero-order chi connectivity index (χ0) is 11.2. The molecule has 3 nitrogen and oxygen atoms in total. The quantitative estimate of drug-likeness (QED) is 0.740. The smallest absolute Gasteiger partial charge is 0.0507 e. The third-order valence-corrected chi connectivity index (χ3v) is 3.72. The van der Waals surface area contributed by atoms with Crippen molar-refractivity contribution in [3.05, 3.63) is 0 Å². The Kier molecular flexibility index (Phi) is 5.07. The molecule has 0 spiro atoms. The zero-order valence-electron chi connectivity index (χ0n) is 10.6. The summed E-state index contributed by atoms with van der Waals surface area (Å²) >= 11 is 0. The van der Waals surface area contributed by atoms with E-state index in [9.17, 15) is 0 Å². The van der Waals surface area contributed by atoms with Crippen molar-refractivity contribution in [2.75, 3.05) is 45.9 Å². The van der Waals surface area contributed by atoms with Crippen LogP contribution in [0.2, 0.25) is 0 Å². The van der Waals surface area contributed by atoms with Gasteiger partial charge in [-0.1, -0.05) is 6.92 Å². The van der Waals surface area contributed by atoms with Gasteiger partial charge in [0.2, 0.25) is 0 Å². The van der Waals surface area contributed by atoms with Crippen LogP contribution in [0.5, 0.6) is 0 Å². The molecule has 0 aromatic heterocycles. The average molecular weight is 226 g/mol. The van der Waals surface area contributed by atoms with E-state index in [1.807, 2.05) is 0 Å². The van der Waals surface area contributed by atoms with Crippen LogP contribution in [0.25, 0.3) is 0 Å². The monoisotopic (exact) mass is 226 g/mol. The minimum atomic E-state index is 0.763. The average Bonchev–Trinajstić information content (AvgIpc) is 2.90. The fourth-order valence-electron chi connectivity index (χ4n) is 2.75. The van der Waals surface area contributed by atoms with Crippen molar-refractivity contribution in [2.24, 2.45) is 11.8 Å². The second-order valence-corrected chi connectivity index (χ2v) is 5.50. The second-order valence-electron chi connectivity index (χ2n) is 5.50. The maximum Gasteiger partial charge on any atom is 0.0507 e. The lowest BCUT2D eigenvalue weighted by Gasteiger charge is -2.21. The highest BCUT2D eigenvalue weighted by Gasteiger charge is 2.17. The third kappa shape index (κ3) is 4.04. The lowest BCUT2D eigenvalue weighted by molar-refractivity contribution is 0.184. The van der Waals surface area contributed by atoms with Crippen molar-refractivity contribution >= 4 is 0 Å². The summed E-state index contributed by atoms with van der Waals surface area (Å²) in [5, 5.41) is 3.59. The van der Waals surface area contributed by atoms with Crippen LogP contribution in [0.3, 0.4) is 0 Å². The highest BCUT2D eigenvalue weighted by Crippen LogP contribution is 2.12. The number of nitrogens with zero attached hydrogens (tertiary/aromatic N) is 1. The van der Waals surface area contributed by atoms with Crippen molar-refractivity contribution < 1.29 is 4.74 Å². The van der Waals surface area contributed by atoms with E-state index < -0.39 is 0 Å². The van der Waals surface area contributed by atoms with E-state index in [2.05, 4.69) is 17.1 Å². The molecule has 2 rings (SSSR count). The van der Waals surface area contributed by atoms with Crippen molar-refractivity contribution in [1.82, 2.24) is 10.2 Å². The maximum atomic E-state index is 5.37. The number of hydrogen-bond donors (Lipinski definition) is 1. The van der Waals surface area contributed by atoms with Crippen LogP contribution in [-0.2, 0) is 4.74 Å². The number of rotatable bonds is 6. The SMILES string of the molecule is CC(CNCC1CCOC1)CN1CCCC1. The molecule has 0 bridgehead atoms. The molecule has 1 N–H and O–H groups in total. The summed E-state index contributed by atoms with van der Waals surface area (Å²) in [7, 11) is 0. The molecule has 0 aliphatic carbocycles. The molecule has 2 saturated heterocycles. The molecule has 0 amide bonds. The second kappa shape index (κ2) is 6.58. The standard InChI is InChI=1S/C13H26N2O/c1-12(10-15-5-2-3-6-15)8-14-9-13-4-7-16-11-13/h12-14H,2-11H2,1H3. The van der Waals surface area contributed by atoms with Crippen molar-refractivity contribution in [2.45, 2.75) is 26.2 Å². The van der Waals surface area contributed by atoms with Crippen LogP contribution >= 0.6 is 0 Å². The molecule has 2 aliphatic heterocycles. The van der Waals surface area contributed by atoms with E-state index in [4.69, 9.17) is 4.74 Å². The molecule has 2 unspecified atom stereocenters.